The Kier molecular flexibility index (Phi) is 4.52. The molecule has 0 unspecified atom stereocenters. The van der Waals surface area contributed by atoms with Crippen LogP contribution in [0.5, 0.6) is 0 Å². The number of hydrogen-bond acceptors (Lipinski definition) is 2. The van der Waals surface area contributed by atoms with Crippen LogP contribution in [-0.2, 0) is 17.8 Å². The number of benzene rings is 2. The molecule has 3 rings (SSSR count). The molecule has 0 aliphatic heterocycles. The van der Waals surface area contributed by atoms with E-state index < -0.39 is 0 Å². The molecule has 4 nitrogen and oxygen atoms in total. The number of anilines is 1. The van der Waals surface area contributed by atoms with E-state index in [1.54, 1.807) is 0 Å². The maximum atomic E-state index is 12.1. The van der Waals surface area contributed by atoms with Gasteiger partial charge in [-0.05, 0) is 24.3 Å². The summed E-state index contributed by atoms with van der Waals surface area (Å²) in [7, 11) is 0. The Morgan fingerprint density at radius 1 is 1.13 bits per heavy atom. The standard InChI is InChI=1S/C19H19N3O/c1-2-14-22-17-11-7-6-10-16(17)21-18(22)12-13-19(23)20-15-8-4-3-5-9-15/h2-11H,1,12-14H2,(H,20,23). The van der Waals surface area contributed by atoms with Gasteiger partial charge in [-0.1, -0.05) is 36.4 Å². The Labute approximate surface area is 135 Å². The Morgan fingerprint density at radius 3 is 2.65 bits per heavy atom. The topological polar surface area (TPSA) is 46.9 Å². The van der Waals surface area contributed by atoms with Crippen molar-refractivity contribution in [1.82, 2.24) is 9.55 Å². The van der Waals surface area contributed by atoms with Crippen LogP contribution in [-0.4, -0.2) is 15.5 Å². The van der Waals surface area contributed by atoms with Crippen molar-refractivity contribution in [3.63, 3.8) is 0 Å². The first-order chi connectivity index (χ1) is 11.3. The third kappa shape index (κ3) is 3.48. The molecule has 3 aromatic rings. The molecule has 0 fully saturated rings. The average Bonchev–Trinajstić information content (AvgIpc) is 2.92. The van der Waals surface area contributed by atoms with Gasteiger partial charge in [0.1, 0.15) is 5.82 Å². The maximum absolute atomic E-state index is 12.1. The molecular weight excluding hydrogens is 286 g/mol. The zero-order valence-corrected chi connectivity index (χ0v) is 12.9. The summed E-state index contributed by atoms with van der Waals surface area (Å²) in [6.07, 6.45) is 2.85. The van der Waals surface area contributed by atoms with Crippen molar-refractivity contribution in [2.75, 3.05) is 5.32 Å². The minimum Gasteiger partial charge on any atom is -0.326 e. The second-order valence-electron chi connectivity index (χ2n) is 5.33. The fourth-order valence-corrected chi connectivity index (χ4v) is 2.62. The molecule has 0 bridgehead atoms. The van der Waals surface area contributed by atoms with Gasteiger partial charge in [-0.3, -0.25) is 4.79 Å². The average molecular weight is 305 g/mol. The number of fused-ring (bicyclic) bond motifs is 1. The van der Waals surface area contributed by atoms with Gasteiger partial charge in [-0.2, -0.15) is 0 Å². The lowest BCUT2D eigenvalue weighted by Gasteiger charge is -2.07. The third-order valence-corrected chi connectivity index (χ3v) is 3.68. The van der Waals surface area contributed by atoms with Crippen LogP contribution in [0.2, 0.25) is 0 Å². The molecule has 2 aromatic carbocycles. The molecule has 1 aromatic heterocycles. The third-order valence-electron chi connectivity index (χ3n) is 3.68. The highest BCUT2D eigenvalue weighted by Crippen LogP contribution is 2.17. The number of nitrogens with zero attached hydrogens (tertiary/aromatic N) is 2. The van der Waals surface area contributed by atoms with Crippen molar-refractivity contribution in [2.24, 2.45) is 0 Å². The number of carbonyl (C=O) groups excluding carboxylic acids is 1. The van der Waals surface area contributed by atoms with E-state index in [2.05, 4.69) is 21.4 Å². The van der Waals surface area contributed by atoms with E-state index in [9.17, 15) is 4.79 Å². The fourth-order valence-electron chi connectivity index (χ4n) is 2.62. The lowest BCUT2D eigenvalue weighted by molar-refractivity contribution is -0.116. The molecule has 0 aliphatic rings. The number of para-hydroxylation sites is 3. The Morgan fingerprint density at radius 2 is 1.87 bits per heavy atom. The number of allylic oxidation sites excluding steroid dienone is 1. The zero-order chi connectivity index (χ0) is 16.1. The largest absolute Gasteiger partial charge is 0.326 e. The normalized spacial score (nSPS) is 10.6. The molecule has 1 heterocycles. The van der Waals surface area contributed by atoms with Gasteiger partial charge in [-0.25, -0.2) is 4.98 Å². The van der Waals surface area contributed by atoms with Crippen molar-refractivity contribution in [3.05, 3.63) is 73.1 Å². The van der Waals surface area contributed by atoms with Crippen LogP contribution in [0.1, 0.15) is 12.2 Å². The van der Waals surface area contributed by atoms with Gasteiger partial charge in [-0.15, -0.1) is 6.58 Å². The van der Waals surface area contributed by atoms with Crippen molar-refractivity contribution < 1.29 is 4.79 Å². The van der Waals surface area contributed by atoms with Gasteiger partial charge < -0.3 is 9.88 Å². The second kappa shape index (κ2) is 6.92. The van der Waals surface area contributed by atoms with E-state index >= 15 is 0 Å². The summed E-state index contributed by atoms with van der Waals surface area (Å²) >= 11 is 0. The van der Waals surface area contributed by atoms with Gasteiger partial charge in [0.15, 0.2) is 0 Å². The van der Waals surface area contributed by atoms with E-state index in [-0.39, 0.29) is 5.91 Å². The van der Waals surface area contributed by atoms with Crippen molar-refractivity contribution >= 4 is 22.6 Å². The van der Waals surface area contributed by atoms with E-state index in [1.807, 2.05) is 60.7 Å². The first kappa shape index (κ1) is 15.0. The van der Waals surface area contributed by atoms with Gasteiger partial charge in [0.05, 0.1) is 11.0 Å². The maximum Gasteiger partial charge on any atom is 0.224 e. The van der Waals surface area contributed by atoms with E-state index in [0.717, 1.165) is 22.5 Å². The molecule has 0 atom stereocenters. The van der Waals surface area contributed by atoms with Gasteiger partial charge >= 0.3 is 0 Å². The zero-order valence-electron chi connectivity index (χ0n) is 12.9. The lowest BCUT2D eigenvalue weighted by atomic mass is 10.2. The number of amides is 1. The van der Waals surface area contributed by atoms with E-state index in [4.69, 9.17) is 0 Å². The first-order valence-corrected chi connectivity index (χ1v) is 7.68. The molecule has 116 valence electrons. The lowest BCUT2D eigenvalue weighted by Crippen LogP contribution is -2.14. The summed E-state index contributed by atoms with van der Waals surface area (Å²) in [6.45, 7) is 4.50. The monoisotopic (exact) mass is 305 g/mol. The summed E-state index contributed by atoms with van der Waals surface area (Å²) < 4.78 is 2.11. The summed E-state index contributed by atoms with van der Waals surface area (Å²) in [4.78, 5) is 16.7. The number of aromatic nitrogens is 2. The van der Waals surface area contributed by atoms with Gasteiger partial charge in [0, 0.05) is 25.1 Å². The SMILES string of the molecule is C=CCn1c(CCC(=O)Nc2ccccc2)nc2ccccc21. The predicted molar refractivity (Wildman–Crippen MR) is 93.3 cm³/mol. The highest BCUT2D eigenvalue weighted by Gasteiger charge is 2.11. The highest BCUT2D eigenvalue weighted by atomic mass is 16.1. The molecule has 1 N–H and O–H groups in total. The molecular formula is C19H19N3O. The number of carbonyl (C=O) groups is 1. The van der Waals surface area contributed by atoms with Gasteiger partial charge in [0.2, 0.25) is 5.91 Å². The number of imidazole rings is 1. The Hall–Kier alpha value is -2.88. The number of aryl methyl sites for hydroxylation is 1. The van der Waals surface area contributed by atoms with Crippen molar-refractivity contribution in [1.29, 1.82) is 0 Å². The van der Waals surface area contributed by atoms with Crippen LogP contribution < -0.4 is 5.32 Å². The van der Waals surface area contributed by atoms with E-state index in [1.165, 1.54) is 0 Å². The summed E-state index contributed by atoms with van der Waals surface area (Å²) in [5.41, 5.74) is 2.84. The molecule has 0 radical (unpaired) electrons. The molecule has 0 spiro atoms. The molecule has 4 heteroatoms. The fraction of sp³-hybridized carbons (Fsp3) is 0.158. The van der Waals surface area contributed by atoms with Crippen LogP contribution in [0.4, 0.5) is 5.69 Å². The number of nitrogens with one attached hydrogen (secondary N) is 1. The van der Waals surface area contributed by atoms with Crippen LogP contribution in [0.15, 0.2) is 67.3 Å². The first-order valence-electron chi connectivity index (χ1n) is 7.68. The van der Waals surface area contributed by atoms with Crippen LogP contribution in [0.25, 0.3) is 11.0 Å². The van der Waals surface area contributed by atoms with Gasteiger partial charge in [0.25, 0.3) is 0 Å². The summed E-state index contributed by atoms with van der Waals surface area (Å²) in [6, 6.07) is 17.5. The predicted octanol–water partition coefficient (Wildman–Crippen LogP) is 3.79. The summed E-state index contributed by atoms with van der Waals surface area (Å²) in [5.74, 6) is 0.905. The van der Waals surface area contributed by atoms with Crippen LogP contribution in [0, 0.1) is 0 Å². The minimum absolute atomic E-state index is 0.00610. The van der Waals surface area contributed by atoms with Crippen LogP contribution in [0.3, 0.4) is 0 Å². The molecule has 0 saturated heterocycles. The molecule has 23 heavy (non-hydrogen) atoms. The quantitative estimate of drug-likeness (QED) is 0.704. The Bertz CT molecular complexity index is 821. The van der Waals surface area contributed by atoms with Crippen molar-refractivity contribution in [2.45, 2.75) is 19.4 Å². The highest BCUT2D eigenvalue weighted by molar-refractivity contribution is 5.90. The molecule has 0 saturated carbocycles. The smallest absolute Gasteiger partial charge is 0.224 e. The minimum atomic E-state index is -0.00610. The van der Waals surface area contributed by atoms with Crippen molar-refractivity contribution in [3.8, 4) is 0 Å². The number of rotatable bonds is 6. The van der Waals surface area contributed by atoms with Crippen LogP contribution >= 0.6 is 0 Å². The molecule has 0 aliphatic carbocycles. The Balaban J connectivity index is 1.72. The van der Waals surface area contributed by atoms with E-state index in [0.29, 0.717) is 19.4 Å². The summed E-state index contributed by atoms with van der Waals surface area (Å²) in [5, 5.41) is 2.90. The second-order valence-corrected chi connectivity index (χ2v) is 5.33. The number of hydrogen-bond donors (Lipinski definition) is 1. The molecule has 1 amide bonds.